The maximum Gasteiger partial charge on any atom is 0.283 e. The Labute approximate surface area is 157 Å². The highest BCUT2D eigenvalue weighted by molar-refractivity contribution is 7.82. The van der Waals surface area contributed by atoms with Crippen LogP contribution in [0.25, 0.3) is 0 Å². The third kappa shape index (κ3) is 5.35. The van der Waals surface area contributed by atoms with E-state index in [1.54, 1.807) is 31.1 Å². The molecule has 0 unspecified atom stereocenters. The van der Waals surface area contributed by atoms with Gasteiger partial charge in [0, 0.05) is 32.1 Å². The third-order valence-corrected chi connectivity index (χ3v) is 4.72. The lowest BCUT2D eigenvalue weighted by Crippen LogP contribution is -2.54. The molecule has 0 aliphatic heterocycles. The van der Waals surface area contributed by atoms with Gasteiger partial charge in [0.2, 0.25) is 5.91 Å². The number of thiocarbonyl (C=S) groups is 1. The molecule has 2 amide bonds. The Kier molecular flexibility index (Phi) is 6.69. The smallest absolute Gasteiger partial charge is 0.283 e. The maximum absolute atomic E-state index is 12.2. The summed E-state index contributed by atoms with van der Waals surface area (Å²) in [6, 6.07) is 2.84. The number of carbonyl (C=O) groups is 2. The minimum Gasteiger partial charge on any atom is -0.367 e. The van der Waals surface area contributed by atoms with Crippen LogP contribution in [0, 0.1) is 5.92 Å². The first-order chi connectivity index (χ1) is 11.8. The van der Waals surface area contributed by atoms with Crippen molar-refractivity contribution in [3.8, 4) is 0 Å². The van der Waals surface area contributed by atoms with Crippen molar-refractivity contribution in [2.24, 2.45) is 11.7 Å². The van der Waals surface area contributed by atoms with E-state index in [1.165, 1.54) is 6.20 Å². The van der Waals surface area contributed by atoms with E-state index in [0.29, 0.717) is 30.1 Å². The van der Waals surface area contributed by atoms with Crippen molar-refractivity contribution >= 4 is 46.3 Å². The zero-order valence-corrected chi connectivity index (χ0v) is 15.7. The fourth-order valence-corrected chi connectivity index (χ4v) is 3.16. The average Bonchev–Trinajstić information content (AvgIpc) is 2.57. The average molecular weight is 384 g/mol. The van der Waals surface area contributed by atoms with Crippen molar-refractivity contribution < 1.29 is 9.59 Å². The summed E-state index contributed by atoms with van der Waals surface area (Å²) in [4.78, 5) is 29.8. The second kappa shape index (κ2) is 8.55. The summed E-state index contributed by atoms with van der Waals surface area (Å²) in [5, 5.41) is 6.00. The molecule has 136 valence electrons. The molecule has 0 aromatic carbocycles. The van der Waals surface area contributed by atoms with Crippen LogP contribution in [0.3, 0.4) is 0 Å². The Bertz CT molecular complexity index is 652. The van der Waals surface area contributed by atoms with E-state index in [9.17, 15) is 9.59 Å². The highest BCUT2D eigenvalue weighted by Gasteiger charge is 2.33. The van der Waals surface area contributed by atoms with Gasteiger partial charge < -0.3 is 21.3 Å². The summed E-state index contributed by atoms with van der Waals surface area (Å²) in [5.74, 6) is -0.423. The van der Waals surface area contributed by atoms with Gasteiger partial charge in [-0.05, 0) is 31.4 Å². The molecule has 0 spiro atoms. The van der Waals surface area contributed by atoms with E-state index in [0.717, 1.165) is 0 Å². The number of halogens is 1. The van der Waals surface area contributed by atoms with Crippen molar-refractivity contribution in [2.75, 3.05) is 19.4 Å². The van der Waals surface area contributed by atoms with Gasteiger partial charge in [0.25, 0.3) is 5.91 Å². The van der Waals surface area contributed by atoms with Gasteiger partial charge in [-0.25, -0.2) is 4.98 Å². The molecular formula is C16H22ClN5O2S. The van der Waals surface area contributed by atoms with Gasteiger partial charge in [-0.3, -0.25) is 9.59 Å². The Balaban J connectivity index is 1.87. The first kappa shape index (κ1) is 19.6. The zero-order valence-electron chi connectivity index (χ0n) is 14.2. The van der Waals surface area contributed by atoms with Crippen molar-refractivity contribution in [1.29, 1.82) is 0 Å². The van der Waals surface area contributed by atoms with Crippen LogP contribution in [0.5, 0.6) is 0 Å². The summed E-state index contributed by atoms with van der Waals surface area (Å²) in [6.07, 6.45) is 3.42. The van der Waals surface area contributed by atoms with E-state index in [1.807, 2.05) is 0 Å². The summed E-state index contributed by atoms with van der Waals surface area (Å²) < 4.78 is 0. The zero-order chi connectivity index (χ0) is 18.6. The SMILES string of the molecule is CN(C)C(=O)[C@H]1CC[C@H](NC(=S)C(=O)Nc2ccc(Cl)nc2)[C@H](N)C1. The van der Waals surface area contributed by atoms with Crippen LogP contribution in [-0.4, -0.2) is 52.9 Å². The van der Waals surface area contributed by atoms with Crippen LogP contribution < -0.4 is 16.4 Å². The highest BCUT2D eigenvalue weighted by Crippen LogP contribution is 2.25. The molecule has 0 saturated heterocycles. The number of rotatable bonds is 3. The number of nitrogens with two attached hydrogens (primary N) is 1. The first-order valence-corrected chi connectivity index (χ1v) is 8.76. The minimum atomic E-state index is -0.433. The van der Waals surface area contributed by atoms with Crippen molar-refractivity contribution in [3.05, 3.63) is 23.5 Å². The van der Waals surface area contributed by atoms with Crippen molar-refractivity contribution in [3.63, 3.8) is 0 Å². The van der Waals surface area contributed by atoms with Crippen LogP contribution in [0.15, 0.2) is 18.3 Å². The van der Waals surface area contributed by atoms with Gasteiger partial charge in [-0.1, -0.05) is 23.8 Å². The van der Waals surface area contributed by atoms with E-state index < -0.39 is 5.91 Å². The highest BCUT2D eigenvalue weighted by atomic mass is 35.5. The number of carbonyl (C=O) groups excluding carboxylic acids is 2. The Hall–Kier alpha value is -1.77. The number of aromatic nitrogens is 1. The summed E-state index contributed by atoms with van der Waals surface area (Å²) in [7, 11) is 3.48. The number of pyridine rings is 1. The molecule has 1 aliphatic rings. The third-order valence-electron chi connectivity index (χ3n) is 4.20. The summed E-state index contributed by atoms with van der Waals surface area (Å²) >= 11 is 10.9. The number of amides is 2. The van der Waals surface area contributed by atoms with E-state index in [4.69, 9.17) is 29.6 Å². The van der Waals surface area contributed by atoms with Crippen LogP contribution in [0.4, 0.5) is 5.69 Å². The van der Waals surface area contributed by atoms with Crippen molar-refractivity contribution in [2.45, 2.75) is 31.3 Å². The second-order valence-electron chi connectivity index (χ2n) is 6.31. The van der Waals surface area contributed by atoms with Gasteiger partial charge >= 0.3 is 0 Å². The molecule has 0 bridgehead atoms. The largest absolute Gasteiger partial charge is 0.367 e. The molecule has 1 aromatic rings. The lowest BCUT2D eigenvalue weighted by molar-refractivity contribution is -0.134. The number of nitrogens with zero attached hydrogens (tertiary/aromatic N) is 2. The first-order valence-electron chi connectivity index (χ1n) is 7.98. The van der Waals surface area contributed by atoms with Gasteiger partial charge in [0.05, 0.1) is 11.9 Å². The van der Waals surface area contributed by atoms with Gasteiger partial charge in [0.1, 0.15) is 5.15 Å². The predicted octanol–water partition coefficient (Wildman–Crippen LogP) is 1.17. The fourth-order valence-electron chi connectivity index (χ4n) is 2.85. The molecule has 1 aliphatic carbocycles. The number of hydrogen-bond acceptors (Lipinski definition) is 5. The standard InChI is InChI=1S/C16H22ClN5O2S/c1-22(2)16(24)9-3-5-12(11(18)7-9)21-15(25)14(23)20-10-4-6-13(17)19-8-10/h4,6,8-9,11-12H,3,5,7,18H2,1-2H3,(H,20,23)(H,21,25)/t9-,11+,12-/m0/s1. The number of nitrogens with one attached hydrogen (secondary N) is 2. The minimum absolute atomic E-state index is 0.0628. The van der Waals surface area contributed by atoms with Gasteiger partial charge in [0.15, 0.2) is 4.99 Å². The predicted molar refractivity (Wildman–Crippen MR) is 101 cm³/mol. The Morgan fingerprint density at radius 1 is 1.36 bits per heavy atom. The quantitative estimate of drug-likeness (QED) is 0.535. The normalized spacial score (nSPS) is 22.8. The van der Waals surface area contributed by atoms with Gasteiger partial charge in [-0.2, -0.15) is 0 Å². The van der Waals surface area contributed by atoms with E-state index in [-0.39, 0.29) is 28.9 Å². The molecule has 25 heavy (non-hydrogen) atoms. The second-order valence-corrected chi connectivity index (χ2v) is 7.11. The van der Waals surface area contributed by atoms with Crippen LogP contribution in [0.1, 0.15) is 19.3 Å². The van der Waals surface area contributed by atoms with Gasteiger partial charge in [-0.15, -0.1) is 0 Å². The Morgan fingerprint density at radius 3 is 2.64 bits per heavy atom. The molecule has 4 N–H and O–H groups in total. The molecule has 1 saturated carbocycles. The lowest BCUT2D eigenvalue weighted by Gasteiger charge is -2.35. The molecule has 1 heterocycles. The molecular weight excluding hydrogens is 362 g/mol. The molecule has 7 nitrogen and oxygen atoms in total. The lowest BCUT2D eigenvalue weighted by atomic mass is 9.82. The number of anilines is 1. The number of hydrogen-bond donors (Lipinski definition) is 3. The fraction of sp³-hybridized carbons (Fsp3) is 0.500. The molecule has 1 aromatic heterocycles. The molecule has 0 radical (unpaired) electrons. The molecule has 9 heteroatoms. The Morgan fingerprint density at radius 2 is 2.08 bits per heavy atom. The topological polar surface area (TPSA) is 100 Å². The molecule has 2 rings (SSSR count). The molecule has 1 fully saturated rings. The monoisotopic (exact) mass is 383 g/mol. The van der Waals surface area contributed by atoms with E-state index >= 15 is 0 Å². The summed E-state index contributed by atoms with van der Waals surface area (Å²) in [5.41, 5.74) is 6.68. The molecule has 3 atom stereocenters. The summed E-state index contributed by atoms with van der Waals surface area (Å²) in [6.45, 7) is 0. The van der Waals surface area contributed by atoms with Crippen LogP contribution in [0.2, 0.25) is 5.15 Å². The van der Waals surface area contributed by atoms with E-state index in [2.05, 4.69) is 15.6 Å². The van der Waals surface area contributed by atoms with Crippen LogP contribution in [-0.2, 0) is 9.59 Å². The van der Waals surface area contributed by atoms with Crippen molar-refractivity contribution in [1.82, 2.24) is 15.2 Å². The van der Waals surface area contributed by atoms with Crippen LogP contribution >= 0.6 is 23.8 Å². The maximum atomic E-state index is 12.2.